The zero-order valence-electron chi connectivity index (χ0n) is 5.22. The predicted octanol–water partition coefficient (Wildman–Crippen LogP) is -1.10. The van der Waals surface area contributed by atoms with Crippen molar-refractivity contribution in [2.45, 2.75) is 0 Å². The standard InChI is InChI=1S/C8H4NO/c10-8-3-1-2-7-6(8)4-5-9-7/h1-3,5H/q-1/p+1. The van der Waals surface area contributed by atoms with E-state index >= 15 is 0 Å². The average molecular weight is 131 g/mol. The molecule has 0 aromatic heterocycles. The predicted molar refractivity (Wildman–Crippen MR) is 36.0 cm³/mol. The second-order valence-electron chi connectivity index (χ2n) is 2.11. The van der Waals surface area contributed by atoms with Gasteiger partial charge < -0.3 is 4.79 Å². The summed E-state index contributed by atoms with van der Waals surface area (Å²) in [5.41, 5.74) is 1.50. The van der Waals surface area contributed by atoms with Crippen LogP contribution in [-0.4, -0.2) is 12.0 Å². The van der Waals surface area contributed by atoms with Gasteiger partial charge in [0.1, 0.15) is 5.70 Å². The number of carbonyl (C=O) groups is 1. The Bertz CT molecular complexity index is 299. The van der Waals surface area contributed by atoms with Crippen LogP contribution in [0, 0.1) is 6.08 Å². The molecule has 0 bridgehead atoms. The van der Waals surface area contributed by atoms with Crippen LogP contribution in [0.1, 0.15) is 0 Å². The summed E-state index contributed by atoms with van der Waals surface area (Å²) in [5, 5.41) is 0. The SMILES string of the molecule is O=C1C=CC=C2[NH+]=C[C-]=C12. The fourth-order valence-electron chi connectivity index (χ4n) is 0.986. The van der Waals surface area contributed by atoms with Gasteiger partial charge in [-0.05, 0) is 6.08 Å². The molecule has 0 spiro atoms. The van der Waals surface area contributed by atoms with E-state index < -0.39 is 0 Å². The van der Waals surface area contributed by atoms with Gasteiger partial charge in [-0.25, -0.2) is 0 Å². The van der Waals surface area contributed by atoms with E-state index in [0.717, 1.165) is 5.70 Å². The molecule has 0 saturated heterocycles. The molecule has 0 aromatic carbocycles. The monoisotopic (exact) mass is 131 g/mol. The molecule has 2 nitrogen and oxygen atoms in total. The van der Waals surface area contributed by atoms with Crippen LogP contribution in [0.3, 0.4) is 0 Å². The first kappa shape index (κ1) is 5.35. The highest BCUT2D eigenvalue weighted by Crippen LogP contribution is 2.10. The zero-order valence-corrected chi connectivity index (χ0v) is 5.22. The number of hydrogen-bond donors (Lipinski definition) is 1. The Morgan fingerprint density at radius 1 is 1.50 bits per heavy atom. The first-order valence-corrected chi connectivity index (χ1v) is 3.03. The van der Waals surface area contributed by atoms with Crippen LogP contribution in [0.4, 0.5) is 0 Å². The molecule has 48 valence electrons. The molecular weight excluding hydrogens is 126 g/mol. The highest BCUT2D eigenvalue weighted by molar-refractivity contribution is 6.09. The van der Waals surface area contributed by atoms with E-state index in [1.165, 1.54) is 6.08 Å². The zero-order chi connectivity index (χ0) is 6.97. The lowest BCUT2D eigenvalue weighted by Crippen LogP contribution is -2.64. The number of ketones is 1. The number of hydrogen-bond acceptors (Lipinski definition) is 1. The van der Waals surface area contributed by atoms with Crippen LogP contribution >= 0.6 is 0 Å². The smallest absolute Gasteiger partial charge is 0.106 e. The molecule has 2 rings (SSSR count). The van der Waals surface area contributed by atoms with Crippen molar-refractivity contribution in [2.75, 3.05) is 0 Å². The molecule has 0 unspecified atom stereocenters. The average Bonchev–Trinajstić information content (AvgIpc) is 2.36. The molecule has 0 saturated carbocycles. The minimum atomic E-state index is 0.0266. The van der Waals surface area contributed by atoms with Crippen molar-refractivity contribution in [1.82, 2.24) is 0 Å². The lowest BCUT2D eigenvalue weighted by Gasteiger charge is -2.06. The maximum atomic E-state index is 11.0. The van der Waals surface area contributed by atoms with Gasteiger partial charge in [-0.2, -0.15) is 0 Å². The van der Waals surface area contributed by atoms with Crippen LogP contribution in [-0.2, 0) is 4.79 Å². The van der Waals surface area contributed by atoms with E-state index in [0.29, 0.717) is 5.57 Å². The Labute approximate surface area is 58.3 Å². The van der Waals surface area contributed by atoms with Crippen molar-refractivity contribution < 1.29 is 9.79 Å². The van der Waals surface area contributed by atoms with Crippen LogP contribution < -0.4 is 4.99 Å². The summed E-state index contributed by atoms with van der Waals surface area (Å²) in [4.78, 5) is 13.9. The first-order valence-electron chi connectivity index (χ1n) is 3.03. The maximum Gasteiger partial charge on any atom is 0.106 e. The lowest BCUT2D eigenvalue weighted by atomic mass is 10.0. The maximum absolute atomic E-state index is 11.0. The fraction of sp³-hybridized carbons (Fsp3) is 0. The van der Waals surface area contributed by atoms with E-state index in [9.17, 15) is 4.79 Å². The Balaban J connectivity index is 2.54. The van der Waals surface area contributed by atoms with Crippen LogP contribution in [0.5, 0.6) is 0 Å². The summed E-state index contributed by atoms with van der Waals surface area (Å²) in [5.74, 6) is 0.0266. The molecule has 0 amide bonds. The van der Waals surface area contributed by atoms with E-state index in [4.69, 9.17) is 0 Å². The van der Waals surface area contributed by atoms with E-state index in [1.807, 2.05) is 6.08 Å². The summed E-state index contributed by atoms with van der Waals surface area (Å²) < 4.78 is 0. The summed E-state index contributed by atoms with van der Waals surface area (Å²) in [7, 11) is 0. The minimum Gasteiger partial charge on any atom is -0.366 e. The molecular formula is C8H5NO. The van der Waals surface area contributed by atoms with Gasteiger partial charge in [0, 0.05) is 0 Å². The van der Waals surface area contributed by atoms with Crippen molar-refractivity contribution in [3.63, 3.8) is 0 Å². The molecule has 0 radical (unpaired) electrons. The van der Waals surface area contributed by atoms with Crippen molar-refractivity contribution in [3.8, 4) is 0 Å². The Morgan fingerprint density at radius 3 is 3.20 bits per heavy atom. The first-order chi connectivity index (χ1) is 4.88. The number of carbonyl (C=O) groups excluding carboxylic acids is 1. The van der Waals surface area contributed by atoms with Crippen LogP contribution in [0.2, 0.25) is 0 Å². The van der Waals surface area contributed by atoms with Crippen LogP contribution in [0.15, 0.2) is 29.5 Å². The lowest BCUT2D eigenvalue weighted by molar-refractivity contribution is -0.381. The molecule has 1 heterocycles. The minimum absolute atomic E-state index is 0.0266. The van der Waals surface area contributed by atoms with Gasteiger partial charge in [0.15, 0.2) is 0 Å². The fourth-order valence-corrected chi connectivity index (χ4v) is 0.986. The van der Waals surface area contributed by atoms with Crippen LogP contribution in [0.25, 0.3) is 0 Å². The molecule has 1 aliphatic carbocycles. The highest BCUT2D eigenvalue weighted by atomic mass is 16.1. The van der Waals surface area contributed by atoms with Gasteiger partial charge in [-0.3, -0.25) is 4.99 Å². The van der Waals surface area contributed by atoms with Gasteiger partial charge in [-0.1, -0.05) is 23.8 Å². The number of nitrogens with one attached hydrogen (secondary N) is 1. The van der Waals surface area contributed by atoms with Gasteiger partial charge in [0.05, 0.1) is 12.0 Å². The van der Waals surface area contributed by atoms with Gasteiger partial charge >= 0.3 is 0 Å². The molecule has 2 aliphatic rings. The Morgan fingerprint density at radius 2 is 2.40 bits per heavy atom. The largest absolute Gasteiger partial charge is 0.366 e. The Hall–Kier alpha value is -1.44. The number of rotatable bonds is 0. The highest BCUT2D eigenvalue weighted by Gasteiger charge is 2.10. The van der Waals surface area contributed by atoms with Gasteiger partial charge in [-0.15, -0.1) is 0 Å². The van der Waals surface area contributed by atoms with Crippen molar-refractivity contribution in [1.29, 1.82) is 0 Å². The van der Waals surface area contributed by atoms with E-state index in [2.05, 4.69) is 11.1 Å². The Kier molecular flexibility index (Phi) is 0.947. The normalized spacial score (nSPS) is 20.6. The van der Waals surface area contributed by atoms with Gasteiger partial charge in [0.2, 0.25) is 0 Å². The molecule has 1 N–H and O–H groups in total. The van der Waals surface area contributed by atoms with Gasteiger partial charge in [0.25, 0.3) is 0 Å². The summed E-state index contributed by atoms with van der Waals surface area (Å²) in [6.07, 6.45) is 9.58. The third-order valence-corrected chi connectivity index (χ3v) is 1.47. The van der Waals surface area contributed by atoms with E-state index in [-0.39, 0.29) is 5.78 Å². The summed E-state index contributed by atoms with van der Waals surface area (Å²) in [6, 6.07) is 0. The third kappa shape index (κ3) is 0.589. The molecule has 0 fully saturated rings. The molecule has 0 aromatic rings. The molecule has 1 aliphatic heterocycles. The summed E-state index contributed by atoms with van der Waals surface area (Å²) in [6.45, 7) is 0. The summed E-state index contributed by atoms with van der Waals surface area (Å²) >= 11 is 0. The van der Waals surface area contributed by atoms with E-state index in [1.54, 1.807) is 12.3 Å². The van der Waals surface area contributed by atoms with Crippen molar-refractivity contribution >= 4 is 12.0 Å². The quantitative estimate of drug-likeness (QED) is 0.416. The topological polar surface area (TPSA) is 31.0 Å². The second kappa shape index (κ2) is 1.77. The third-order valence-electron chi connectivity index (χ3n) is 1.47. The number of allylic oxidation sites excluding steroid dienone is 5. The molecule has 2 heteroatoms. The van der Waals surface area contributed by atoms with Crippen molar-refractivity contribution in [2.24, 2.45) is 0 Å². The molecule has 10 heavy (non-hydrogen) atoms. The number of fused-ring (bicyclic) bond motifs is 1. The molecule has 0 atom stereocenters. The van der Waals surface area contributed by atoms with Crippen molar-refractivity contribution in [3.05, 3.63) is 35.6 Å². The second-order valence-corrected chi connectivity index (χ2v) is 2.11.